The van der Waals surface area contributed by atoms with Crippen molar-refractivity contribution in [2.45, 2.75) is 25.7 Å². The molecule has 1 aromatic rings. The average Bonchev–Trinajstić information content (AvgIpc) is 3.02. The zero-order valence-electron chi connectivity index (χ0n) is 11.6. The number of rotatable bonds is 3. The van der Waals surface area contributed by atoms with Gasteiger partial charge in [-0.05, 0) is 37.1 Å². The highest BCUT2D eigenvalue weighted by molar-refractivity contribution is 5.32. The summed E-state index contributed by atoms with van der Waals surface area (Å²) in [6.45, 7) is 4.48. The maximum Gasteiger partial charge on any atom is 0.161 e. The Morgan fingerprint density at radius 2 is 2.15 bits per heavy atom. The van der Waals surface area contributed by atoms with Gasteiger partial charge in [0.15, 0.2) is 6.29 Å². The van der Waals surface area contributed by atoms with E-state index in [1.54, 1.807) is 0 Å². The molecule has 20 heavy (non-hydrogen) atoms. The fraction of sp³-hybridized carbons (Fsp3) is 0.562. The van der Waals surface area contributed by atoms with Crippen molar-refractivity contribution in [1.82, 2.24) is 4.90 Å². The number of hydrogen-bond acceptors (Lipinski definition) is 4. The van der Waals surface area contributed by atoms with Gasteiger partial charge in [0.1, 0.15) is 0 Å². The van der Waals surface area contributed by atoms with Gasteiger partial charge in [-0.15, -0.1) is 0 Å². The molecule has 2 aliphatic heterocycles. The SMILES string of the molecule is N#Cc1cccc(CN2CCCC(C3OCCO3)C2)c1. The lowest BCUT2D eigenvalue weighted by atomic mass is 9.97. The third-order valence-corrected chi connectivity index (χ3v) is 4.04. The lowest BCUT2D eigenvalue weighted by molar-refractivity contribution is -0.101. The first kappa shape index (κ1) is 13.6. The van der Waals surface area contributed by atoms with Crippen molar-refractivity contribution >= 4 is 0 Å². The van der Waals surface area contributed by atoms with Gasteiger partial charge in [-0.1, -0.05) is 12.1 Å². The van der Waals surface area contributed by atoms with Crippen molar-refractivity contribution in [2.75, 3.05) is 26.3 Å². The predicted octanol–water partition coefficient (Wildman–Crippen LogP) is 2.14. The zero-order valence-corrected chi connectivity index (χ0v) is 11.6. The Morgan fingerprint density at radius 1 is 1.30 bits per heavy atom. The minimum atomic E-state index is -0.0109. The van der Waals surface area contributed by atoms with Crippen molar-refractivity contribution < 1.29 is 9.47 Å². The van der Waals surface area contributed by atoms with Gasteiger partial charge in [0.2, 0.25) is 0 Å². The van der Waals surface area contributed by atoms with E-state index in [1.165, 1.54) is 18.4 Å². The summed E-state index contributed by atoms with van der Waals surface area (Å²) in [6, 6.07) is 10.1. The number of ether oxygens (including phenoxy) is 2. The summed E-state index contributed by atoms with van der Waals surface area (Å²) < 4.78 is 11.3. The second-order valence-corrected chi connectivity index (χ2v) is 5.56. The number of nitrogens with zero attached hydrogens (tertiary/aromatic N) is 2. The van der Waals surface area contributed by atoms with E-state index in [1.807, 2.05) is 18.2 Å². The van der Waals surface area contributed by atoms with Gasteiger partial charge in [-0.2, -0.15) is 5.26 Å². The van der Waals surface area contributed by atoms with Gasteiger partial charge >= 0.3 is 0 Å². The standard InChI is InChI=1S/C16H20N2O2/c17-10-13-3-1-4-14(9-13)11-18-6-2-5-15(12-18)16-19-7-8-20-16/h1,3-4,9,15-16H,2,5-8,11-12H2. The van der Waals surface area contributed by atoms with E-state index >= 15 is 0 Å². The monoisotopic (exact) mass is 272 g/mol. The summed E-state index contributed by atoms with van der Waals surface area (Å²) in [6.07, 6.45) is 2.36. The minimum absolute atomic E-state index is 0.0109. The van der Waals surface area contributed by atoms with Crippen molar-refractivity contribution in [3.63, 3.8) is 0 Å². The highest BCUT2D eigenvalue weighted by Crippen LogP contribution is 2.25. The van der Waals surface area contributed by atoms with Crippen LogP contribution in [0.5, 0.6) is 0 Å². The topological polar surface area (TPSA) is 45.5 Å². The van der Waals surface area contributed by atoms with Crippen LogP contribution in [0.1, 0.15) is 24.0 Å². The maximum absolute atomic E-state index is 8.96. The molecular weight excluding hydrogens is 252 g/mol. The Labute approximate surface area is 119 Å². The van der Waals surface area contributed by atoms with E-state index in [2.05, 4.69) is 17.0 Å². The summed E-state index contributed by atoms with van der Waals surface area (Å²) in [5.41, 5.74) is 1.94. The van der Waals surface area contributed by atoms with Crippen LogP contribution in [0.15, 0.2) is 24.3 Å². The van der Waals surface area contributed by atoms with Gasteiger partial charge in [-0.25, -0.2) is 0 Å². The molecule has 1 unspecified atom stereocenters. The van der Waals surface area contributed by atoms with Crippen LogP contribution in [0.25, 0.3) is 0 Å². The summed E-state index contributed by atoms with van der Waals surface area (Å²) >= 11 is 0. The lowest BCUT2D eigenvalue weighted by Gasteiger charge is -2.34. The van der Waals surface area contributed by atoms with E-state index in [0.29, 0.717) is 5.92 Å². The second kappa shape index (κ2) is 6.36. The third-order valence-electron chi connectivity index (χ3n) is 4.04. The summed E-state index contributed by atoms with van der Waals surface area (Å²) in [4.78, 5) is 2.44. The molecule has 0 aliphatic carbocycles. The second-order valence-electron chi connectivity index (χ2n) is 5.56. The first-order valence-corrected chi connectivity index (χ1v) is 7.30. The molecular formula is C16H20N2O2. The van der Waals surface area contributed by atoms with Crippen molar-refractivity contribution in [3.05, 3.63) is 35.4 Å². The highest BCUT2D eigenvalue weighted by Gasteiger charge is 2.30. The number of hydrogen-bond donors (Lipinski definition) is 0. The van der Waals surface area contributed by atoms with Gasteiger partial charge in [-0.3, -0.25) is 4.90 Å². The lowest BCUT2D eigenvalue weighted by Crippen LogP contribution is -2.40. The number of nitriles is 1. The first-order chi connectivity index (χ1) is 9.85. The number of benzene rings is 1. The number of piperidine rings is 1. The Morgan fingerprint density at radius 3 is 2.95 bits per heavy atom. The average molecular weight is 272 g/mol. The quantitative estimate of drug-likeness (QED) is 0.845. The van der Waals surface area contributed by atoms with Crippen molar-refractivity contribution in [2.24, 2.45) is 5.92 Å². The van der Waals surface area contributed by atoms with E-state index in [9.17, 15) is 0 Å². The maximum atomic E-state index is 8.96. The molecule has 2 aliphatic rings. The molecule has 0 spiro atoms. The van der Waals surface area contributed by atoms with Crippen LogP contribution in [0, 0.1) is 17.2 Å². The van der Waals surface area contributed by atoms with Crippen LogP contribution < -0.4 is 0 Å². The van der Waals surface area contributed by atoms with Crippen LogP contribution in [0.2, 0.25) is 0 Å². The van der Waals surface area contributed by atoms with Crippen LogP contribution in [0.4, 0.5) is 0 Å². The first-order valence-electron chi connectivity index (χ1n) is 7.30. The smallest absolute Gasteiger partial charge is 0.161 e. The number of likely N-dealkylation sites (tertiary alicyclic amines) is 1. The fourth-order valence-electron chi connectivity index (χ4n) is 3.10. The molecule has 1 aromatic carbocycles. The van der Waals surface area contributed by atoms with Gasteiger partial charge in [0.25, 0.3) is 0 Å². The van der Waals surface area contributed by atoms with E-state index in [0.717, 1.165) is 38.4 Å². The van der Waals surface area contributed by atoms with Gasteiger partial charge in [0.05, 0.1) is 24.8 Å². The summed E-state index contributed by atoms with van der Waals surface area (Å²) in [5, 5.41) is 8.96. The van der Waals surface area contributed by atoms with Crippen LogP contribution in [0.3, 0.4) is 0 Å². The zero-order chi connectivity index (χ0) is 13.8. The Balaban J connectivity index is 1.60. The molecule has 3 rings (SSSR count). The summed E-state index contributed by atoms with van der Waals surface area (Å²) in [5.74, 6) is 0.477. The van der Waals surface area contributed by atoms with E-state index in [-0.39, 0.29) is 6.29 Å². The minimum Gasteiger partial charge on any atom is -0.350 e. The van der Waals surface area contributed by atoms with Gasteiger partial charge < -0.3 is 9.47 Å². The highest BCUT2D eigenvalue weighted by atomic mass is 16.7. The molecule has 0 amide bonds. The van der Waals surface area contributed by atoms with Gasteiger partial charge in [0, 0.05) is 19.0 Å². The van der Waals surface area contributed by atoms with E-state index in [4.69, 9.17) is 14.7 Å². The molecule has 0 saturated carbocycles. The van der Waals surface area contributed by atoms with Crippen LogP contribution >= 0.6 is 0 Å². The Kier molecular flexibility index (Phi) is 4.31. The van der Waals surface area contributed by atoms with Crippen LogP contribution in [-0.4, -0.2) is 37.5 Å². The summed E-state index contributed by atoms with van der Waals surface area (Å²) in [7, 11) is 0. The molecule has 0 N–H and O–H groups in total. The largest absolute Gasteiger partial charge is 0.350 e. The molecule has 4 heteroatoms. The molecule has 2 saturated heterocycles. The van der Waals surface area contributed by atoms with Crippen molar-refractivity contribution in [1.29, 1.82) is 5.26 Å². The Bertz CT molecular complexity index is 491. The fourth-order valence-corrected chi connectivity index (χ4v) is 3.10. The Hall–Kier alpha value is -1.41. The molecule has 2 heterocycles. The third kappa shape index (κ3) is 3.18. The molecule has 0 radical (unpaired) electrons. The molecule has 0 bridgehead atoms. The molecule has 2 fully saturated rings. The van der Waals surface area contributed by atoms with E-state index < -0.39 is 0 Å². The molecule has 0 aromatic heterocycles. The molecule has 106 valence electrons. The predicted molar refractivity (Wildman–Crippen MR) is 74.9 cm³/mol. The normalized spacial score (nSPS) is 24.6. The molecule has 4 nitrogen and oxygen atoms in total. The van der Waals surface area contributed by atoms with Crippen LogP contribution in [-0.2, 0) is 16.0 Å². The van der Waals surface area contributed by atoms with Crippen molar-refractivity contribution in [3.8, 4) is 6.07 Å². The molecule has 1 atom stereocenters.